The number of hydrogen-bond acceptors (Lipinski definition) is 6. The fourth-order valence-corrected chi connectivity index (χ4v) is 3.30. The van der Waals surface area contributed by atoms with E-state index < -0.39 is 5.25 Å². The SMILES string of the molecule is C[C@H](Sc1n[nH]c(-c2cccs2)n1)C(=O)NNC(=O)c1ccccc1. The van der Waals surface area contributed by atoms with Crippen LogP contribution in [0.4, 0.5) is 0 Å². The lowest BCUT2D eigenvalue weighted by Crippen LogP contribution is -2.44. The maximum atomic E-state index is 12.1. The molecular formula is C16H15N5O2S2. The van der Waals surface area contributed by atoms with E-state index >= 15 is 0 Å². The van der Waals surface area contributed by atoms with E-state index in [1.54, 1.807) is 42.5 Å². The van der Waals surface area contributed by atoms with Crippen molar-refractivity contribution in [1.82, 2.24) is 26.0 Å². The summed E-state index contributed by atoms with van der Waals surface area (Å²) in [4.78, 5) is 29.3. The van der Waals surface area contributed by atoms with Gasteiger partial charge in [-0.25, -0.2) is 4.98 Å². The van der Waals surface area contributed by atoms with E-state index in [0.717, 1.165) is 4.88 Å². The summed E-state index contributed by atoms with van der Waals surface area (Å²) in [6, 6.07) is 12.5. The smallest absolute Gasteiger partial charge is 0.269 e. The number of hydrogen-bond donors (Lipinski definition) is 3. The van der Waals surface area contributed by atoms with Crippen molar-refractivity contribution in [3.8, 4) is 10.7 Å². The van der Waals surface area contributed by atoms with Gasteiger partial charge in [-0.15, -0.1) is 16.4 Å². The summed E-state index contributed by atoms with van der Waals surface area (Å²) in [7, 11) is 0. The Morgan fingerprint density at radius 1 is 1.16 bits per heavy atom. The molecule has 1 aromatic carbocycles. The first kappa shape index (κ1) is 17.2. The first-order valence-corrected chi connectivity index (χ1v) is 9.17. The summed E-state index contributed by atoms with van der Waals surface area (Å²) in [6.07, 6.45) is 0. The molecule has 1 atom stereocenters. The van der Waals surface area contributed by atoms with Crippen LogP contribution in [0.25, 0.3) is 10.7 Å². The Morgan fingerprint density at radius 3 is 2.68 bits per heavy atom. The number of carbonyl (C=O) groups is 2. The molecule has 2 amide bonds. The van der Waals surface area contributed by atoms with Crippen molar-refractivity contribution >= 4 is 34.9 Å². The fourth-order valence-electron chi connectivity index (χ4n) is 1.92. The second kappa shape index (κ2) is 7.95. The van der Waals surface area contributed by atoms with Crippen LogP contribution in [0.3, 0.4) is 0 Å². The summed E-state index contributed by atoms with van der Waals surface area (Å²) in [5.41, 5.74) is 5.28. The molecule has 3 rings (SSSR count). The Hall–Kier alpha value is -2.65. The van der Waals surface area contributed by atoms with Gasteiger partial charge in [-0.05, 0) is 30.5 Å². The van der Waals surface area contributed by atoms with Crippen LogP contribution in [0.15, 0.2) is 53.0 Å². The average Bonchev–Trinajstić information content (AvgIpc) is 3.31. The number of carbonyl (C=O) groups excluding carboxylic acids is 2. The zero-order chi connectivity index (χ0) is 17.6. The quantitative estimate of drug-likeness (QED) is 0.471. The molecule has 0 saturated heterocycles. The molecule has 0 aliphatic rings. The molecule has 0 spiro atoms. The Morgan fingerprint density at radius 2 is 1.96 bits per heavy atom. The minimum Gasteiger partial charge on any atom is -0.272 e. The molecule has 9 heteroatoms. The van der Waals surface area contributed by atoms with E-state index in [1.165, 1.54) is 11.8 Å². The van der Waals surface area contributed by atoms with E-state index in [-0.39, 0.29) is 11.8 Å². The lowest BCUT2D eigenvalue weighted by atomic mass is 10.2. The summed E-state index contributed by atoms with van der Waals surface area (Å²) >= 11 is 2.76. The molecule has 3 aromatic rings. The number of thiophene rings is 1. The van der Waals surface area contributed by atoms with Crippen LogP contribution in [0.5, 0.6) is 0 Å². The zero-order valence-corrected chi connectivity index (χ0v) is 14.9. The van der Waals surface area contributed by atoms with Gasteiger partial charge in [0.15, 0.2) is 5.82 Å². The van der Waals surface area contributed by atoms with Crippen LogP contribution in [-0.4, -0.2) is 32.2 Å². The highest BCUT2D eigenvalue weighted by Gasteiger charge is 2.18. The number of aromatic nitrogens is 3. The highest BCUT2D eigenvalue weighted by Crippen LogP contribution is 2.25. The number of H-pyrrole nitrogens is 1. The Kier molecular flexibility index (Phi) is 5.46. The molecule has 0 radical (unpaired) electrons. The van der Waals surface area contributed by atoms with Crippen molar-refractivity contribution in [3.63, 3.8) is 0 Å². The molecule has 0 unspecified atom stereocenters. The van der Waals surface area contributed by atoms with Crippen molar-refractivity contribution in [2.45, 2.75) is 17.3 Å². The normalized spacial score (nSPS) is 11.7. The number of benzene rings is 1. The third-order valence-electron chi connectivity index (χ3n) is 3.21. The molecule has 25 heavy (non-hydrogen) atoms. The molecule has 7 nitrogen and oxygen atoms in total. The van der Waals surface area contributed by atoms with E-state index in [1.807, 2.05) is 23.6 Å². The number of amides is 2. The van der Waals surface area contributed by atoms with Crippen molar-refractivity contribution < 1.29 is 9.59 Å². The van der Waals surface area contributed by atoms with E-state index in [9.17, 15) is 9.59 Å². The van der Waals surface area contributed by atoms with E-state index in [4.69, 9.17) is 0 Å². The largest absolute Gasteiger partial charge is 0.272 e. The predicted molar refractivity (Wildman–Crippen MR) is 97.1 cm³/mol. The minimum absolute atomic E-state index is 0.336. The molecule has 3 N–H and O–H groups in total. The lowest BCUT2D eigenvalue weighted by molar-refractivity contribution is -0.121. The van der Waals surface area contributed by atoms with Crippen molar-refractivity contribution in [2.75, 3.05) is 0 Å². The van der Waals surface area contributed by atoms with Crippen molar-refractivity contribution in [2.24, 2.45) is 0 Å². The third kappa shape index (κ3) is 4.46. The summed E-state index contributed by atoms with van der Waals surface area (Å²) in [5, 5.41) is 8.91. The maximum absolute atomic E-state index is 12.1. The number of hydrazine groups is 1. The number of nitrogens with zero attached hydrogens (tertiary/aromatic N) is 2. The first-order valence-electron chi connectivity index (χ1n) is 7.41. The van der Waals surface area contributed by atoms with Crippen LogP contribution in [0.2, 0.25) is 0 Å². The molecule has 128 valence electrons. The van der Waals surface area contributed by atoms with Gasteiger partial charge >= 0.3 is 0 Å². The highest BCUT2D eigenvalue weighted by molar-refractivity contribution is 8.00. The number of thioether (sulfide) groups is 1. The van der Waals surface area contributed by atoms with Gasteiger partial charge in [0.2, 0.25) is 5.16 Å². The van der Waals surface area contributed by atoms with Crippen LogP contribution < -0.4 is 10.9 Å². The van der Waals surface area contributed by atoms with Crippen LogP contribution in [0, 0.1) is 0 Å². The molecule has 0 aliphatic heterocycles. The van der Waals surface area contributed by atoms with Crippen LogP contribution in [0.1, 0.15) is 17.3 Å². The van der Waals surface area contributed by atoms with Gasteiger partial charge in [-0.1, -0.05) is 36.0 Å². The molecule has 0 bridgehead atoms. The lowest BCUT2D eigenvalue weighted by Gasteiger charge is -2.11. The summed E-state index contributed by atoms with van der Waals surface area (Å²) in [5.74, 6) is -0.0386. The van der Waals surface area contributed by atoms with Gasteiger partial charge < -0.3 is 0 Å². The molecule has 2 heterocycles. The second-order valence-corrected chi connectivity index (χ2v) is 7.27. The number of rotatable bonds is 5. The molecule has 0 fully saturated rings. The molecule has 2 aromatic heterocycles. The third-order valence-corrected chi connectivity index (χ3v) is 5.04. The van der Waals surface area contributed by atoms with E-state index in [0.29, 0.717) is 16.5 Å². The predicted octanol–water partition coefficient (Wildman–Crippen LogP) is 2.48. The van der Waals surface area contributed by atoms with Gasteiger partial charge in [-0.2, -0.15) is 0 Å². The van der Waals surface area contributed by atoms with Crippen molar-refractivity contribution in [1.29, 1.82) is 0 Å². The average molecular weight is 373 g/mol. The van der Waals surface area contributed by atoms with Crippen molar-refractivity contribution in [3.05, 3.63) is 53.4 Å². The summed E-state index contributed by atoms with van der Waals surface area (Å²) in [6.45, 7) is 1.72. The van der Waals surface area contributed by atoms with Crippen LogP contribution >= 0.6 is 23.1 Å². The first-order chi connectivity index (χ1) is 12.1. The monoisotopic (exact) mass is 373 g/mol. The maximum Gasteiger partial charge on any atom is 0.269 e. The topological polar surface area (TPSA) is 99.8 Å². The Balaban J connectivity index is 1.52. The fraction of sp³-hybridized carbons (Fsp3) is 0.125. The zero-order valence-electron chi connectivity index (χ0n) is 13.2. The van der Waals surface area contributed by atoms with Gasteiger partial charge in [0, 0.05) is 5.56 Å². The van der Waals surface area contributed by atoms with Gasteiger partial charge in [0.05, 0.1) is 10.1 Å². The van der Waals surface area contributed by atoms with Crippen LogP contribution in [-0.2, 0) is 4.79 Å². The molecule has 0 saturated carbocycles. The Bertz CT molecular complexity index is 849. The number of nitrogens with one attached hydrogen (secondary N) is 3. The number of aromatic amines is 1. The standard InChI is InChI=1S/C16H15N5O2S2/c1-10(14(22)19-20-15(23)11-6-3-2-4-7-11)25-16-17-13(18-21-16)12-8-5-9-24-12/h2-10H,1H3,(H,19,22)(H,20,23)(H,17,18,21)/t10-/m0/s1. The van der Waals surface area contributed by atoms with Gasteiger partial charge in [0.25, 0.3) is 11.8 Å². The minimum atomic E-state index is -0.469. The summed E-state index contributed by atoms with van der Waals surface area (Å²) < 4.78 is 0. The van der Waals surface area contributed by atoms with Gasteiger partial charge in [0.1, 0.15) is 0 Å². The van der Waals surface area contributed by atoms with E-state index in [2.05, 4.69) is 26.0 Å². The Labute approximate surface area is 152 Å². The molecule has 0 aliphatic carbocycles. The highest BCUT2D eigenvalue weighted by atomic mass is 32.2. The molecular weight excluding hydrogens is 358 g/mol. The van der Waals surface area contributed by atoms with Gasteiger partial charge in [-0.3, -0.25) is 25.5 Å². The second-order valence-electron chi connectivity index (χ2n) is 5.01.